The Morgan fingerprint density at radius 2 is 2.24 bits per heavy atom. The van der Waals surface area contributed by atoms with Gasteiger partial charge in [0.1, 0.15) is 11.9 Å². The van der Waals surface area contributed by atoms with Crippen molar-refractivity contribution in [3.8, 4) is 0 Å². The van der Waals surface area contributed by atoms with Crippen molar-refractivity contribution in [1.29, 1.82) is 0 Å². The lowest BCUT2D eigenvalue weighted by Gasteiger charge is -2.33. The molecule has 0 saturated carbocycles. The standard InChI is InChI=1S/C17H19FN4O3/c18-12-7-20-17(21-8-12)22-4-3-11-6-14(25-15(11)10-22)16(23)19-9-13-2-1-5-24-13/h1-2,5,7-8,11,14-15H,3-4,6,9-10H2,(H,19,23)/t11-,14+,15-/m1/s1. The molecule has 1 N–H and O–H groups in total. The predicted molar refractivity (Wildman–Crippen MR) is 86.1 cm³/mol. The van der Waals surface area contributed by atoms with Gasteiger partial charge in [0.25, 0.3) is 0 Å². The molecular formula is C17H19FN4O3. The first-order valence-corrected chi connectivity index (χ1v) is 8.37. The Morgan fingerprint density at radius 3 is 3.00 bits per heavy atom. The Bertz CT molecular complexity index is 722. The number of halogens is 1. The van der Waals surface area contributed by atoms with Gasteiger partial charge < -0.3 is 19.4 Å². The van der Waals surface area contributed by atoms with Gasteiger partial charge in [-0.1, -0.05) is 0 Å². The number of furan rings is 1. The van der Waals surface area contributed by atoms with Crippen LogP contribution in [-0.2, 0) is 16.1 Å². The van der Waals surface area contributed by atoms with Crippen LogP contribution >= 0.6 is 0 Å². The van der Waals surface area contributed by atoms with Crippen LogP contribution in [0.4, 0.5) is 10.3 Å². The van der Waals surface area contributed by atoms with E-state index in [1.54, 1.807) is 12.3 Å². The third kappa shape index (κ3) is 3.48. The fourth-order valence-electron chi connectivity index (χ4n) is 3.45. The van der Waals surface area contributed by atoms with E-state index in [4.69, 9.17) is 9.15 Å². The lowest BCUT2D eigenvalue weighted by Crippen LogP contribution is -2.43. The molecule has 2 saturated heterocycles. The van der Waals surface area contributed by atoms with Crippen molar-refractivity contribution in [3.63, 3.8) is 0 Å². The molecule has 0 bridgehead atoms. The van der Waals surface area contributed by atoms with Gasteiger partial charge in [0.15, 0.2) is 5.82 Å². The van der Waals surface area contributed by atoms with Crippen molar-refractivity contribution in [1.82, 2.24) is 15.3 Å². The Labute approximate surface area is 144 Å². The summed E-state index contributed by atoms with van der Waals surface area (Å²) in [6.07, 6.45) is 5.03. The molecule has 0 aromatic carbocycles. The second kappa shape index (κ2) is 6.79. The minimum Gasteiger partial charge on any atom is -0.467 e. The van der Waals surface area contributed by atoms with Crippen molar-refractivity contribution in [3.05, 3.63) is 42.4 Å². The number of amides is 1. The number of piperidine rings is 1. The first-order chi connectivity index (χ1) is 12.2. The highest BCUT2D eigenvalue weighted by Gasteiger charge is 2.42. The summed E-state index contributed by atoms with van der Waals surface area (Å²) >= 11 is 0. The minimum atomic E-state index is -0.455. The normalized spacial score (nSPS) is 25.6. The molecule has 2 aliphatic heterocycles. The molecule has 2 aromatic heterocycles. The number of fused-ring (bicyclic) bond motifs is 1. The Balaban J connectivity index is 1.33. The van der Waals surface area contributed by atoms with Crippen molar-refractivity contribution < 1.29 is 18.3 Å². The monoisotopic (exact) mass is 346 g/mol. The highest BCUT2D eigenvalue weighted by atomic mass is 19.1. The number of hydrogen-bond acceptors (Lipinski definition) is 6. The van der Waals surface area contributed by atoms with Gasteiger partial charge in [-0.05, 0) is 30.9 Å². The number of anilines is 1. The quantitative estimate of drug-likeness (QED) is 0.904. The zero-order valence-electron chi connectivity index (χ0n) is 13.6. The largest absolute Gasteiger partial charge is 0.467 e. The third-order valence-corrected chi connectivity index (χ3v) is 4.75. The lowest BCUT2D eigenvalue weighted by atomic mass is 9.92. The number of carbonyl (C=O) groups excluding carboxylic acids is 1. The zero-order chi connectivity index (χ0) is 17.2. The highest BCUT2D eigenvalue weighted by Crippen LogP contribution is 2.34. The maximum absolute atomic E-state index is 13.0. The van der Waals surface area contributed by atoms with E-state index in [1.807, 2.05) is 11.0 Å². The Morgan fingerprint density at radius 1 is 1.40 bits per heavy atom. The second-order valence-corrected chi connectivity index (χ2v) is 6.39. The van der Waals surface area contributed by atoms with Crippen LogP contribution in [0, 0.1) is 11.7 Å². The topological polar surface area (TPSA) is 80.5 Å². The molecule has 0 spiro atoms. The number of carbonyl (C=O) groups is 1. The van der Waals surface area contributed by atoms with Crippen molar-refractivity contribution in [2.24, 2.45) is 5.92 Å². The molecule has 0 radical (unpaired) electrons. The zero-order valence-corrected chi connectivity index (χ0v) is 13.6. The summed E-state index contributed by atoms with van der Waals surface area (Å²) in [5.74, 6) is 0.980. The number of aromatic nitrogens is 2. The fraction of sp³-hybridized carbons (Fsp3) is 0.471. The molecule has 132 valence electrons. The molecule has 4 heterocycles. The number of nitrogens with zero attached hydrogens (tertiary/aromatic N) is 3. The SMILES string of the molecule is O=C(NCc1ccco1)[C@@H]1C[C@H]2CCN(c3ncc(F)cn3)C[C@H]2O1. The smallest absolute Gasteiger partial charge is 0.249 e. The van der Waals surface area contributed by atoms with E-state index in [0.29, 0.717) is 37.1 Å². The van der Waals surface area contributed by atoms with E-state index < -0.39 is 11.9 Å². The molecule has 2 aromatic rings. The first kappa shape index (κ1) is 16.0. The van der Waals surface area contributed by atoms with Crippen LogP contribution in [0.15, 0.2) is 35.2 Å². The summed E-state index contributed by atoms with van der Waals surface area (Å²) in [4.78, 5) is 22.3. The van der Waals surface area contributed by atoms with Gasteiger partial charge in [-0.3, -0.25) is 4.79 Å². The molecule has 7 nitrogen and oxygen atoms in total. The van der Waals surface area contributed by atoms with Gasteiger partial charge >= 0.3 is 0 Å². The molecule has 1 amide bonds. The summed E-state index contributed by atoms with van der Waals surface area (Å²) in [6.45, 7) is 1.74. The van der Waals surface area contributed by atoms with Crippen LogP contribution in [0.2, 0.25) is 0 Å². The van der Waals surface area contributed by atoms with Crippen LogP contribution in [0.1, 0.15) is 18.6 Å². The predicted octanol–water partition coefficient (Wildman–Crippen LogP) is 1.51. The Kier molecular flexibility index (Phi) is 4.35. The van der Waals surface area contributed by atoms with E-state index in [-0.39, 0.29) is 12.0 Å². The lowest BCUT2D eigenvalue weighted by molar-refractivity contribution is -0.132. The van der Waals surface area contributed by atoms with Crippen LogP contribution in [-0.4, -0.2) is 41.2 Å². The number of rotatable bonds is 4. The average Bonchev–Trinajstić information content (AvgIpc) is 3.29. The fourth-order valence-corrected chi connectivity index (χ4v) is 3.45. The summed E-state index contributed by atoms with van der Waals surface area (Å²) in [5.41, 5.74) is 0. The van der Waals surface area contributed by atoms with Crippen LogP contribution in [0.3, 0.4) is 0 Å². The molecule has 25 heavy (non-hydrogen) atoms. The van der Waals surface area contributed by atoms with Gasteiger partial charge in [0.2, 0.25) is 11.9 Å². The first-order valence-electron chi connectivity index (χ1n) is 8.37. The van der Waals surface area contributed by atoms with E-state index in [1.165, 1.54) is 0 Å². The van der Waals surface area contributed by atoms with Crippen molar-refractivity contribution >= 4 is 11.9 Å². The van der Waals surface area contributed by atoms with E-state index in [9.17, 15) is 9.18 Å². The summed E-state index contributed by atoms with van der Waals surface area (Å²) in [7, 11) is 0. The third-order valence-electron chi connectivity index (χ3n) is 4.75. The van der Waals surface area contributed by atoms with Crippen molar-refractivity contribution in [2.75, 3.05) is 18.0 Å². The minimum absolute atomic E-state index is 0.0400. The summed E-state index contributed by atoms with van der Waals surface area (Å²) in [5, 5.41) is 2.85. The van der Waals surface area contributed by atoms with E-state index in [0.717, 1.165) is 25.4 Å². The van der Waals surface area contributed by atoms with Gasteiger partial charge in [-0.2, -0.15) is 0 Å². The molecule has 3 atom stereocenters. The maximum Gasteiger partial charge on any atom is 0.249 e. The van der Waals surface area contributed by atoms with Crippen LogP contribution < -0.4 is 10.2 Å². The van der Waals surface area contributed by atoms with Gasteiger partial charge in [-0.15, -0.1) is 0 Å². The summed E-state index contributed by atoms with van der Waals surface area (Å²) in [6, 6.07) is 3.60. The molecule has 0 unspecified atom stereocenters. The Hall–Kier alpha value is -2.48. The van der Waals surface area contributed by atoms with Gasteiger partial charge in [0.05, 0.1) is 31.3 Å². The number of nitrogens with one attached hydrogen (secondary N) is 1. The number of ether oxygens (including phenoxy) is 1. The molecule has 8 heteroatoms. The van der Waals surface area contributed by atoms with Crippen LogP contribution in [0.25, 0.3) is 0 Å². The summed E-state index contributed by atoms with van der Waals surface area (Å²) < 4.78 is 24.1. The van der Waals surface area contributed by atoms with Crippen molar-refractivity contribution in [2.45, 2.75) is 31.6 Å². The van der Waals surface area contributed by atoms with E-state index in [2.05, 4.69) is 15.3 Å². The highest BCUT2D eigenvalue weighted by molar-refractivity contribution is 5.81. The van der Waals surface area contributed by atoms with E-state index >= 15 is 0 Å². The molecule has 2 aliphatic rings. The molecular weight excluding hydrogens is 327 g/mol. The average molecular weight is 346 g/mol. The maximum atomic E-state index is 13.0. The number of hydrogen-bond donors (Lipinski definition) is 1. The van der Waals surface area contributed by atoms with Gasteiger partial charge in [-0.25, -0.2) is 14.4 Å². The molecule has 0 aliphatic carbocycles. The van der Waals surface area contributed by atoms with Crippen LogP contribution in [0.5, 0.6) is 0 Å². The molecule has 4 rings (SSSR count). The van der Waals surface area contributed by atoms with Gasteiger partial charge in [0, 0.05) is 13.1 Å². The second-order valence-electron chi connectivity index (χ2n) is 6.39. The molecule has 2 fully saturated rings.